The molecule has 4 heterocycles. The van der Waals surface area contributed by atoms with Crippen LogP contribution in [0.5, 0.6) is 17.5 Å². The topological polar surface area (TPSA) is 133 Å². The van der Waals surface area contributed by atoms with Crippen molar-refractivity contribution in [2.24, 2.45) is 0 Å². The van der Waals surface area contributed by atoms with Gasteiger partial charge in [0.05, 0.1) is 19.2 Å². The van der Waals surface area contributed by atoms with Gasteiger partial charge in [-0.2, -0.15) is 17.6 Å². The molecule has 0 saturated carbocycles. The smallest absolute Gasteiger partial charge is 0.410 e. The second-order valence-corrected chi connectivity index (χ2v) is 14.1. The van der Waals surface area contributed by atoms with Crippen molar-refractivity contribution in [3.8, 4) is 17.5 Å². The van der Waals surface area contributed by atoms with Crippen molar-refractivity contribution in [3.05, 3.63) is 41.1 Å². The van der Waals surface area contributed by atoms with Crippen molar-refractivity contribution in [2.75, 3.05) is 13.1 Å². The molecule has 12 nitrogen and oxygen atoms in total. The van der Waals surface area contributed by atoms with Crippen LogP contribution in [0, 0.1) is 0 Å². The number of alkyl halides is 4. The number of aromatic nitrogens is 2. The number of pyridine rings is 2. The number of hydrogen-bond acceptors (Lipinski definition) is 10. The van der Waals surface area contributed by atoms with Crippen molar-refractivity contribution in [3.63, 3.8) is 0 Å². The van der Waals surface area contributed by atoms with Gasteiger partial charge in [0.2, 0.25) is 11.8 Å². The van der Waals surface area contributed by atoms with E-state index in [4.69, 9.17) is 14.2 Å². The maximum Gasteiger partial charge on any atom is 0.410 e. The Hall–Kier alpha value is -3.60. The van der Waals surface area contributed by atoms with E-state index >= 15 is 0 Å². The van der Waals surface area contributed by atoms with Gasteiger partial charge in [-0.3, -0.25) is 0 Å². The SMILES string of the molecule is C[C@H]1C[C@@H](O)CN1C(=O)OC(C)(C)C.C[C@H]1C[C@@H](Oc2ccnc(OC(F)F)c2)CN1C(=O)OC(C)(C)C.FC(F)Oc1cc(Br)ccn1. The van der Waals surface area contributed by atoms with Gasteiger partial charge in [-0.05, 0) is 73.9 Å². The molecule has 2 amide bonds. The van der Waals surface area contributed by atoms with E-state index in [0.29, 0.717) is 36.2 Å². The summed E-state index contributed by atoms with van der Waals surface area (Å²) in [5.41, 5.74) is -1.04. The predicted octanol–water partition coefficient (Wildman–Crippen LogP) is 7.28. The summed E-state index contributed by atoms with van der Waals surface area (Å²) in [5, 5.41) is 9.37. The van der Waals surface area contributed by atoms with Crippen LogP contribution in [-0.2, 0) is 9.47 Å². The Morgan fingerprint density at radius 3 is 1.73 bits per heavy atom. The molecule has 4 rings (SSSR count). The first-order valence-electron chi connectivity index (χ1n) is 15.4. The quantitative estimate of drug-likeness (QED) is 0.299. The third kappa shape index (κ3) is 16.1. The molecule has 17 heteroatoms. The molecule has 2 aliphatic rings. The fourth-order valence-corrected chi connectivity index (χ4v) is 4.89. The normalized spacial score (nSPS) is 20.6. The summed E-state index contributed by atoms with van der Waals surface area (Å²) in [6.07, 6.45) is 2.58. The summed E-state index contributed by atoms with van der Waals surface area (Å²) in [4.78, 5) is 34.2. The average Bonchev–Trinajstić information content (AvgIpc) is 3.47. The molecule has 0 unspecified atom stereocenters. The van der Waals surface area contributed by atoms with Gasteiger partial charge in [-0.15, -0.1) is 0 Å². The molecule has 49 heavy (non-hydrogen) atoms. The summed E-state index contributed by atoms with van der Waals surface area (Å²) in [6, 6.07) is 5.87. The highest BCUT2D eigenvalue weighted by atomic mass is 79.9. The number of carbonyl (C=O) groups is 2. The fourth-order valence-electron chi connectivity index (χ4n) is 4.57. The Morgan fingerprint density at radius 1 is 0.816 bits per heavy atom. The second kappa shape index (κ2) is 18.4. The summed E-state index contributed by atoms with van der Waals surface area (Å²) >= 11 is 3.09. The number of carbonyl (C=O) groups excluding carboxylic acids is 2. The average molecular weight is 770 g/mol. The molecular formula is C32H45BrF4N4O8. The Labute approximate surface area is 292 Å². The minimum absolute atomic E-state index is 0.0385. The number of β-amino-alcohol motifs (C(OH)–C–C–N with tert-alkyl or cyclic N) is 1. The van der Waals surface area contributed by atoms with Crippen LogP contribution < -0.4 is 14.2 Å². The highest BCUT2D eigenvalue weighted by Gasteiger charge is 2.36. The molecule has 276 valence electrons. The zero-order chi connectivity index (χ0) is 37.1. The van der Waals surface area contributed by atoms with Gasteiger partial charge in [-0.25, -0.2) is 19.6 Å². The second-order valence-electron chi connectivity index (χ2n) is 13.2. The van der Waals surface area contributed by atoms with Crippen molar-refractivity contribution in [1.82, 2.24) is 19.8 Å². The van der Waals surface area contributed by atoms with Crippen LogP contribution in [0.2, 0.25) is 0 Å². The number of likely N-dealkylation sites (tertiary alicyclic amines) is 2. The summed E-state index contributed by atoms with van der Waals surface area (Å²) < 4.78 is 72.9. The maximum atomic E-state index is 12.2. The van der Waals surface area contributed by atoms with Crippen LogP contribution in [0.3, 0.4) is 0 Å². The maximum absolute atomic E-state index is 12.2. The van der Waals surface area contributed by atoms with Crippen molar-refractivity contribution >= 4 is 28.1 Å². The fraction of sp³-hybridized carbons (Fsp3) is 0.625. The van der Waals surface area contributed by atoms with E-state index in [2.05, 4.69) is 35.4 Å². The van der Waals surface area contributed by atoms with Crippen molar-refractivity contribution < 1.29 is 55.9 Å². The van der Waals surface area contributed by atoms with E-state index in [1.54, 1.807) is 42.7 Å². The first-order chi connectivity index (χ1) is 22.6. The predicted molar refractivity (Wildman–Crippen MR) is 174 cm³/mol. The van der Waals surface area contributed by atoms with Gasteiger partial charge in [0.15, 0.2) is 0 Å². The number of aliphatic hydroxyl groups is 1. The number of amides is 2. The lowest BCUT2D eigenvalue weighted by molar-refractivity contribution is -0.0536. The molecule has 0 spiro atoms. The first kappa shape index (κ1) is 41.6. The third-order valence-corrected chi connectivity index (χ3v) is 6.96. The Kier molecular flexibility index (Phi) is 15.6. The summed E-state index contributed by atoms with van der Waals surface area (Å²) in [5.74, 6) is 0.0656. The number of hydrogen-bond donors (Lipinski definition) is 1. The molecule has 0 aromatic carbocycles. The minimum Gasteiger partial charge on any atom is -0.488 e. The van der Waals surface area contributed by atoms with E-state index in [1.165, 1.54) is 24.5 Å². The van der Waals surface area contributed by atoms with Crippen LogP contribution in [0.4, 0.5) is 27.2 Å². The van der Waals surface area contributed by atoms with E-state index < -0.39 is 36.6 Å². The Bertz CT molecular complexity index is 1350. The molecule has 2 fully saturated rings. The highest BCUT2D eigenvalue weighted by Crippen LogP contribution is 2.27. The Morgan fingerprint density at radius 2 is 1.29 bits per heavy atom. The first-order valence-corrected chi connectivity index (χ1v) is 16.2. The molecule has 2 saturated heterocycles. The molecule has 0 aliphatic carbocycles. The molecule has 2 aliphatic heterocycles. The van der Waals surface area contributed by atoms with Gasteiger partial charge in [-0.1, -0.05) is 15.9 Å². The third-order valence-electron chi connectivity index (χ3n) is 6.47. The lowest BCUT2D eigenvalue weighted by Gasteiger charge is -2.26. The molecule has 0 radical (unpaired) electrons. The number of rotatable bonds is 6. The lowest BCUT2D eigenvalue weighted by atomic mass is 10.2. The Balaban J connectivity index is 0.000000282. The number of halogens is 5. The zero-order valence-electron chi connectivity index (χ0n) is 28.7. The molecular weight excluding hydrogens is 724 g/mol. The molecule has 2 aromatic heterocycles. The number of aliphatic hydroxyl groups excluding tert-OH is 1. The van der Waals surface area contributed by atoms with E-state index in [9.17, 15) is 32.3 Å². The van der Waals surface area contributed by atoms with Crippen molar-refractivity contribution in [2.45, 2.75) is 117 Å². The molecule has 1 N–H and O–H groups in total. The van der Waals surface area contributed by atoms with Crippen LogP contribution in [0.15, 0.2) is 41.1 Å². The zero-order valence-corrected chi connectivity index (χ0v) is 30.3. The van der Waals surface area contributed by atoms with E-state index in [-0.39, 0.29) is 36.0 Å². The number of nitrogens with zero attached hydrogens (tertiary/aromatic N) is 4. The van der Waals surface area contributed by atoms with Gasteiger partial charge in [0, 0.05) is 47.5 Å². The van der Waals surface area contributed by atoms with Gasteiger partial charge in [0.25, 0.3) is 0 Å². The molecule has 0 bridgehead atoms. The van der Waals surface area contributed by atoms with Crippen LogP contribution in [0.1, 0.15) is 68.2 Å². The summed E-state index contributed by atoms with van der Waals surface area (Å²) in [6.45, 7) is 9.74. The van der Waals surface area contributed by atoms with E-state index in [0.717, 1.165) is 0 Å². The van der Waals surface area contributed by atoms with Gasteiger partial charge < -0.3 is 38.6 Å². The van der Waals surface area contributed by atoms with Gasteiger partial charge >= 0.3 is 25.4 Å². The summed E-state index contributed by atoms with van der Waals surface area (Å²) in [7, 11) is 0. The standard InChI is InChI=1S/C16H22F2N2O4.C10H19NO3.C6H4BrF2NO/c1-10-7-12(9-20(10)15(21)24-16(2,3)4)22-11-5-6-19-13(8-11)23-14(17)18;1-7-5-8(12)6-11(7)9(13)14-10(2,3)4;7-4-1-2-10-5(3-4)11-6(8)9/h5-6,8,10,12,14H,7,9H2,1-4H3;7-8,12H,5-6H2,1-4H3;1-3,6H/t10-,12+;7-,8+;/m00./s1. The van der Waals surface area contributed by atoms with Crippen LogP contribution >= 0.6 is 15.9 Å². The van der Waals surface area contributed by atoms with E-state index in [1.807, 2.05) is 34.6 Å². The van der Waals surface area contributed by atoms with Gasteiger partial charge in [0.1, 0.15) is 23.1 Å². The molecule has 2 aromatic rings. The van der Waals surface area contributed by atoms with Crippen molar-refractivity contribution in [1.29, 1.82) is 0 Å². The monoisotopic (exact) mass is 768 g/mol. The highest BCUT2D eigenvalue weighted by molar-refractivity contribution is 9.10. The lowest BCUT2D eigenvalue weighted by Crippen LogP contribution is -2.39. The minimum atomic E-state index is -2.94. The largest absolute Gasteiger partial charge is 0.488 e. The molecule has 4 atom stereocenters. The van der Waals surface area contributed by atoms with Crippen LogP contribution in [0.25, 0.3) is 0 Å². The number of ether oxygens (including phenoxy) is 5. The van der Waals surface area contributed by atoms with Crippen LogP contribution in [-0.4, -0.2) is 98.9 Å².